The van der Waals surface area contributed by atoms with E-state index < -0.39 is 0 Å². The van der Waals surface area contributed by atoms with E-state index >= 15 is 0 Å². The Morgan fingerprint density at radius 1 is 1.11 bits per heavy atom. The molecule has 0 spiro atoms. The van der Waals surface area contributed by atoms with Crippen LogP contribution in [0.1, 0.15) is 29.4 Å². The lowest BCUT2D eigenvalue weighted by atomic mass is 10.2. The van der Waals surface area contributed by atoms with Gasteiger partial charge in [0, 0.05) is 30.2 Å². The van der Waals surface area contributed by atoms with Gasteiger partial charge in [-0.15, -0.1) is 0 Å². The minimum Gasteiger partial charge on any atom is -0.381 e. The molecule has 2 aromatic rings. The van der Waals surface area contributed by atoms with Crippen molar-refractivity contribution in [3.63, 3.8) is 0 Å². The molecule has 0 atom stereocenters. The van der Waals surface area contributed by atoms with Crippen molar-refractivity contribution in [2.45, 2.75) is 40.8 Å². The standard InChI is InChI=1S/C16H22N2/c1-5-18-13(3)10-15(14(18)4)11-17-16-8-6-7-12(2)9-16/h6-10,17H,5,11H2,1-4H3. The number of rotatable bonds is 4. The minimum atomic E-state index is 0.892. The van der Waals surface area contributed by atoms with Crippen LogP contribution in [0, 0.1) is 20.8 Å². The third-order valence-electron chi connectivity index (χ3n) is 3.50. The van der Waals surface area contributed by atoms with Crippen LogP contribution in [0.3, 0.4) is 0 Å². The molecule has 2 rings (SSSR count). The average Bonchev–Trinajstić information content (AvgIpc) is 2.61. The van der Waals surface area contributed by atoms with E-state index in [1.165, 1.54) is 28.2 Å². The summed E-state index contributed by atoms with van der Waals surface area (Å²) in [5.74, 6) is 0. The highest BCUT2D eigenvalue weighted by molar-refractivity contribution is 5.46. The summed E-state index contributed by atoms with van der Waals surface area (Å²) in [5, 5.41) is 3.49. The predicted molar refractivity (Wildman–Crippen MR) is 78.1 cm³/mol. The Balaban J connectivity index is 2.11. The van der Waals surface area contributed by atoms with Crippen molar-refractivity contribution in [1.82, 2.24) is 4.57 Å². The van der Waals surface area contributed by atoms with Gasteiger partial charge in [0.05, 0.1) is 0 Å². The fourth-order valence-electron chi connectivity index (χ4n) is 2.49. The molecular weight excluding hydrogens is 220 g/mol. The fraction of sp³-hybridized carbons (Fsp3) is 0.375. The highest BCUT2D eigenvalue weighted by Gasteiger charge is 2.07. The normalized spacial score (nSPS) is 10.7. The molecule has 0 saturated carbocycles. The Labute approximate surface area is 110 Å². The molecule has 0 saturated heterocycles. The van der Waals surface area contributed by atoms with E-state index in [0.717, 1.165) is 13.1 Å². The topological polar surface area (TPSA) is 17.0 Å². The second-order valence-electron chi connectivity index (χ2n) is 4.86. The lowest BCUT2D eigenvalue weighted by Gasteiger charge is -2.08. The van der Waals surface area contributed by atoms with Crippen LogP contribution >= 0.6 is 0 Å². The third-order valence-corrected chi connectivity index (χ3v) is 3.50. The Bertz CT molecular complexity index is 538. The van der Waals surface area contributed by atoms with E-state index in [2.05, 4.69) is 67.9 Å². The van der Waals surface area contributed by atoms with Crippen molar-refractivity contribution in [1.29, 1.82) is 0 Å². The summed E-state index contributed by atoms with van der Waals surface area (Å²) in [6.45, 7) is 10.6. The number of aromatic nitrogens is 1. The summed E-state index contributed by atoms with van der Waals surface area (Å²) in [6.07, 6.45) is 0. The second-order valence-corrected chi connectivity index (χ2v) is 4.86. The first kappa shape index (κ1) is 12.7. The van der Waals surface area contributed by atoms with E-state index in [1.807, 2.05) is 0 Å². The van der Waals surface area contributed by atoms with E-state index in [0.29, 0.717) is 0 Å². The number of aryl methyl sites for hydroxylation is 2. The van der Waals surface area contributed by atoms with Gasteiger partial charge in [0.2, 0.25) is 0 Å². The predicted octanol–water partition coefficient (Wildman–Crippen LogP) is 4.05. The number of hydrogen-bond donors (Lipinski definition) is 1. The molecule has 0 radical (unpaired) electrons. The summed E-state index contributed by atoms with van der Waals surface area (Å²) < 4.78 is 2.35. The number of nitrogens with zero attached hydrogens (tertiary/aromatic N) is 1. The first-order valence-electron chi connectivity index (χ1n) is 6.58. The maximum atomic E-state index is 3.49. The molecule has 18 heavy (non-hydrogen) atoms. The zero-order valence-electron chi connectivity index (χ0n) is 11.7. The molecule has 1 heterocycles. The van der Waals surface area contributed by atoms with Crippen LogP contribution in [0.15, 0.2) is 30.3 Å². The van der Waals surface area contributed by atoms with Crippen LogP contribution in [0.2, 0.25) is 0 Å². The molecule has 2 nitrogen and oxygen atoms in total. The monoisotopic (exact) mass is 242 g/mol. The van der Waals surface area contributed by atoms with Gasteiger partial charge < -0.3 is 9.88 Å². The molecule has 0 aliphatic carbocycles. The van der Waals surface area contributed by atoms with Crippen LogP contribution in [0.25, 0.3) is 0 Å². The van der Waals surface area contributed by atoms with Crippen molar-refractivity contribution in [3.8, 4) is 0 Å². The quantitative estimate of drug-likeness (QED) is 0.856. The molecule has 0 bridgehead atoms. The Morgan fingerprint density at radius 3 is 2.50 bits per heavy atom. The number of nitrogens with one attached hydrogen (secondary N) is 1. The zero-order valence-corrected chi connectivity index (χ0v) is 11.7. The van der Waals surface area contributed by atoms with Crippen molar-refractivity contribution in [3.05, 3.63) is 52.8 Å². The van der Waals surface area contributed by atoms with Crippen LogP contribution < -0.4 is 5.32 Å². The van der Waals surface area contributed by atoms with Gasteiger partial charge in [-0.2, -0.15) is 0 Å². The number of anilines is 1. The highest BCUT2D eigenvalue weighted by atomic mass is 15.0. The van der Waals surface area contributed by atoms with Gasteiger partial charge in [-0.05, 0) is 57.0 Å². The maximum absolute atomic E-state index is 3.49. The van der Waals surface area contributed by atoms with E-state index in [-0.39, 0.29) is 0 Å². The maximum Gasteiger partial charge on any atom is 0.0418 e. The molecule has 1 aromatic carbocycles. The Morgan fingerprint density at radius 2 is 1.89 bits per heavy atom. The molecule has 96 valence electrons. The zero-order chi connectivity index (χ0) is 13.1. The summed E-state index contributed by atoms with van der Waals surface area (Å²) >= 11 is 0. The molecule has 0 unspecified atom stereocenters. The first-order chi connectivity index (χ1) is 8.61. The molecule has 0 amide bonds. The van der Waals surface area contributed by atoms with Gasteiger partial charge in [-0.1, -0.05) is 12.1 Å². The Hall–Kier alpha value is -1.70. The highest BCUT2D eigenvalue weighted by Crippen LogP contribution is 2.17. The van der Waals surface area contributed by atoms with Gasteiger partial charge in [0.25, 0.3) is 0 Å². The fourth-order valence-corrected chi connectivity index (χ4v) is 2.49. The minimum absolute atomic E-state index is 0.892. The van der Waals surface area contributed by atoms with Crippen LogP contribution in [0.5, 0.6) is 0 Å². The van der Waals surface area contributed by atoms with Gasteiger partial charge in [0.1, 0.15) is 0 Å². The number of benzene rings is 1. The van der Waals surface area contributed by atoms with Crippen molar-refractivity contribution >= 4 is 5.69 Å². The van der Waals surface area contributed by atoms with Gasteiger partial charge in [-0.25, -0.2) is 0 Å². The lowest BCUT2D eigenvalue weighted by molar-refractivity contribution is 0.715. The molecular formula is C16H22N2. The Kier molecular flexibility index (Phi) is 3.75. The largest absolute Gasteiger partial charge is 0.381 e. The van der Waals surface area contributed by atoms with Gasteiger partial charge in [0.15, 0.2) is 0 Å². The smallest absolute Gasteiger partial charge is 0.0418 e. The first-order valence-corrected chi connectivity index (χ1v) is 6.58. The van der Waals surface area contributed by atoms with Crippen molar-refractivity contribution in [2.24, 2.45) is 0 Å². The molecule has 0 aliphatic rings. The van der Waals surface area contributed by atoms with Gasteiger partial charge in [-0.3, -0.25) is 0 Å². The van der Waals surface area contributed by atoms with E-state index in [1.54, 1.807) is 0 Å². The van der Waals surface area contributed by atoms with Crippen molar-refractivity contribution in [2.75, 3.05) is 5.32 Å². The molecule has 0 aliphatic heterocycles. The number of hydrogen-bond acceptors (Lipinski definition) is 1. The van der Waals surface area contributed by atoms with Crippen molar-refractivity contribution < 1.29 is 0 Å². The molecule has 1 N–H and O–H groups in total. The second kappa shape index (κ2) is 5.30. The SMILES string of the molecule is CCn1c(C)cc(CNc2cccc(C)c2)c1C. The summed E-state index contributed by atoms with van der Waals surface area (Å²) in [4.78, 5) is 0. The van der Waals surface area contributed by atoms with Crippen LogP contribution in [0.4, 0.5) is 5.69 Å². The third kappa shape index (κ3) is 2.58. The van der Waals surface area contributed by atoms with E-state index in [9.17, 15) is 0 Å². The van der Waals surface area contributed by atoms with E-state index in [4.69, 9.17) is 0 Å². The lowest BCUT2D eigenvalue weighted by Crippen LogP contribution is -2.03. The summed E-state index contributed by atoms with van der Waals surface area (Å²) in [6, 6.07) is 10.8. The summed E-state index contributed by atoms with van der Waals surface area (Å²) in [7, 11) is 0. The van der Waals surface area contributed by atoms with Gasteiger partial charge >= 0.3 is 0 Å². The van der Waals surface area contributed by atoms with Crippen LogP contribution in [-0.4, -0.2) is 4.57 Å². The molecule has 1 aromatic heterocycles. The summed E-state index contributed by atoms with van der Waals surface area (Å²) in [5.41, 5.74) is 6.58. The van der Waals surface area contributed by atoms with Crippen LogP contribution in [-0.2, 0) is 13.1 Å². The average molecular weight is 242 g/mol. The molecule has 2 heteroatoms. The molecule has 0 fully saturated rings.